The van der Waals surface area contributed by atoms with Crippen molar-refractivity contribution < 1.29 is 9.59 Å². The molecule has 0 spiro atoms. The number of aliphatic imine (C=N–C) groups is 2. The fourth-order valence-corrected chi connectivity index (χ4v) is 3.50. The van der Waals surface area contributed by atoms with Gasteiger partial charge in [0.05, 0.1) is 11.7 Å². The van der Waals surface area contributed by atoms with Crippen molar-refractivity contribution >= 4 is 40.1 Å². The van der Waals surface area contributed by atoms with Gasteiger partial charge in [-0.15, -0.1) is 0 Å². The molecular formula is C17H19N3O2S. The number of amides is 2. The summed E-state index contributed by atoms with van der Waals surface area (Å²) < 4.78 is 0. The molecule has 0 bridgehead atoms. The Balaban J connectivity index is 1.57. The van der Waals surface area contributed by atoms with Gasteiger partial charge in [-0.3, -0.25) is 9.59 Å². The number of aryl methyl sites for hydroxylation is 1. The first-order valence-corrected chi connectivity index (χ1v) is 8.80. The van der Waals surface area contributed by atoms with Crippen molar-refractivity contribution in [3.63, 3.8) is 0 Å². The van der Waals surface area contributed by atoms with E-state index in [0.29, 0.717) is 5.17 Å². The number of fused-ring (bicyclic) bond motifs is 1. The molecule has 120 valence electrons. The maximum absolute atomic E-state index is 12.0. The molecule has 5 nitrogen and oxygen atoms in total. The predicted octanol–water partition coefficient (Wildman–Crippen LogP) is 3.19. The predicted molar refractivity (Wildman–Crippen MR) is 94.1 cm³/mol. The third-order valence-electron chi connectivity index (χ3n) is 3.96. The van der Waals surface area contributed by atoms with Crippen LogP contribution >= 0.6 is 11.8 Å². The van der Waals surface area contributed by atoms with E-state index in [4.69, 9.17) is 0 Å². The van der Waals surface area contributed by atoms with Crippen LogP contribution in [0.15, 0.2) is 34.3 Å². The number of nitrogens with zero attached hydrogens (tertiary/aromatic N) is 2. The SMILES string of the molecule is Cc1cccc(NC(=O)CSC2=NC(=O)C3CCCCC3=N2)c1. The smallest absolute Gasteiger partial charge is 0.256 e. The summed E-state index contributed by atoms with van der Waals surface area (Å²) in [6.45, 7) is 1.98. The van der Waals surface area contributed by atoms with Gasteiger partial charge in [0.15, 0.2) is 5.17 Å². The van der Waals surface area contributed by atoms with Crippen molar-refractivity contribution in [1.29, 1.82) is 0 Å². The molecule has 6 heteroatoms. The largest absolute Gasteiger partial charge is 0.325 e. The summed E-state index contributed by atoms with van der Waals surface area (Å²) in [4.78, 5) is 32.5. The number of amidine groups is 1. The lowest BCUT2D eigenvalue weighted by atomic mass is 9.86. The van der Waals surface area contributed by atoms with E-state index in [1.807, 2.05) is 31.2 Å². The zero-order chi connectivity index (χ0) is 16.2. The lowest BCUT2D eigenvalue weighted by molar-refractivity contribution is -0.120. The number of anilines is 1. The first kappa shape index (κ1) is 15.9. The zero-order valence-electron chi connectivity index (χ0n) is 13.0. The minimum Gasteiger partial charge on any atom is -0.325 e. The lowest BCUT2D eigenvalue weighted by Crippen LogP contribution is -2.30. The maximum Gasteiger partial charge on any atom is 0.256 e. The average Bonchev–Trinajstić information content (AvgIpc) is 2.53. The van der Waals surface area contributed by atoms with E-state index in [0.717, 1.165) is 42.6 Å². The van der Waals surface area contributed by atoms with Gasteiger partial charge in [0.2, 0.25) is 5.91 Å². The number of rotatable bonds is 3. The Morgan fingerprint density at radius 1 is 1.35 bits per heavy atom. The minimum atomic E-state index is -0.123. The molecule has 1 heterocycles. The molecule has 1 aromatic carbocycles. The molecule has 1 N–H and O–H groups in total. The minimum absolute atomic E-state index is 0.101. The van der Waals surface area contributed by atoms with E-state index < -0.39 is 0 Å². The van der Waals surface area contributed by atoms with Crippen molar-refractivity contribution in [2.45, 2.75) is 32.6 Å². The molecule has 1 fully saturated rings. The number of nitrogens with one attached hydrogen (secondary N) is 1. The molecule has 2 amide bonds. The van der Waals surface area contributed by atoms with Gasteiger partial charge in [-0.05, 0) is 43.9 Å². The van der Waals surface area contributed by atoms with Crippen LogP contribution in [0, 0.1) is 12.8 Å². The topological polar surface area (TPSA) is 70.9 Å². The highest BCUT2D eigenvalue weighted by molar-refractivity contribution is 8.14. The van der Waals surface area contributed by atoms with Crippen LogP contribution in [0.25, 0.3) is 0 Å². The van der Waals surface area contributed by atoms with Crippen LogP contribution in [0.3, 0.4) is 0 Å². The van der Waals surface area contributed by atoms with Crippen molar-refractivity contribution in [3.8, 4) is 0 Å². The van der Waals surface area contributed by atoms with Gasteiger partial charge in [-0.25, -0.2) is 4.99 Å². The molecule has 3 rings (SSSR count). The molecule has 0 saturated heterocycles. The van der Waals surface area contributed by atoms with Crippen LogP contribution in [-0.2, 0) is 9.59 Å². The van der Waals surface area contributed by atoms with Crippen LogP contribution in [-0.4, -0.2) is 28.4 Å². The molecular weight excluding hydrogens is 310 g/mol. The van der Waals surface area contributed by atoms with Gasteiger partial charge >= 0.3 is 0 Å². The van der Waals surface area contributed by atoms with Crippen LogP contribution in [0.4, 0.5) is 5.69 Å². The Bertz CT molecular complexity index is 697. The van der Waals surface area contributed by atoms with Gasteiger partial charge in [-0.1, -0.05) is 30.3 Å². The number of thioether (sulfide) groups is 1. The van der Waals surface area contributed by atoms with Gasteiger partial charge < -0.3 is 5.32 Å². The number of carbonyl (C=O) groups is 2. The second-order valence-corrected chi connectivity index (χ2v) is 6.78. The molecule has 0 aromatic heterocycles. The van der Waals surface area contributed by atoms with E-state index >= 15 is 0 Å². The first-order chi connectivity index (χ1) is 11.1. The molecule has 1 aliphatic heterocycles. The highest BCUT2D eigenvalue weighted by Crippen LogP contribution is 2.27. The summed E-state index contributed by atoms with van der Waals surface area (Å²) in [7, 11) is 0. The van der Waals surface area contributed by atoms with E-state index in [1.165, 1.54) is 11.8 Å². The third kappa shape index (κ3) is 4.07. The molecule has 2 aliphatic rings. The van der Waals surface area contributed by atoms with Gasteiger partial charge in [0.25, 0.3) is 5.91 Å². The summed E-state index contributed by atoms with van der Waals surface area (Å²) in [6, 6.07) is 7.64. The Morgan fingerprint density at radius 2 is 2.22 bits per heavy atom. The second kappa shape index (κ2) is 7.08. The van der Waals surface area contributed by atoms with Gasteiger partial charge in [0, 0.05) is 11.4 Å². The Hall–Kier alpha value is -1.95. The van der Waals surface area contributed by atoms with Crippen LogP contribution in [0.2, 0.25) is 0 Å². The molecule has 1 saturated carbocycles. The van der Waals surface area contributed by atoms with E-state index in [1.54, 1.807) is 0 Å². The van der Waals surface area contributed by atoms with Crippen LogP contribution < -0.4 is 5.32 Å². The van der Waals surface area contributed by atoms with Gasteiger partial charge in [0.1, 0.15) is 0 Å². The number of benzene rings is 1. The number of carbonyl (C=O) groups excluding carboxylic acids is 2. The van der Waals surface area contributed by atoms with Crippen LogP contribution in [0.1, 0.15) is 31.2 Å². The Kier molecular flexibility index (Phi) is 4.91. The Morgan fingerprint density at radius 3 is 3.04 bits per heavy atom. The molecule has 23 heavy (non-hydrogen) atoms. The van der Waals surface area contributed by atoms with E-state index in [-0.39, 0.29) is 23.5 Å². The second-order valence-electron chi connectivity index (χ2n) is 5.84. The van der Waals surface area contributed by atoms with Gasteiger partial charge in [-0.2, -0.15) is 4.99 Å². The third-order valence-corrected chi connectivity index (χ3v) is 4.80. The van der Waals surface area contributed by atoms with Crippen molar-refractivity contribution in [2.24, 2.45) is 15.9 Å². The summed E-state index contributed by atoms with van der Waals surface area (Å²) in [5.74, 6) is -0.145. The first-order valence-electron chi connectivity index (χ1n) is 7.81. The standard InChI is InChI=1S/C17H19N3O2S/c1-11-5-4-6-12(9-11)18-15(21)10-23-17-19-14-8-3-2-7-13(14)16(22)20-17/h4-6,9,13H,2-3,7-8,10H2,1H3,(H,18,21). The number of hydrogen-bond donors (Lipinski definition) is 1. The van der Waals surface area contributed by atoms with Crippen LogP contribution in [0.5, 0.6) is 0 Å². The molecule has 1 aromatic rings. The normalized spacial score (nSPS) is 20.4. The summed E-state index contributed by atoms with van der Waals surface area (Å²) in [5.41, 5.74) is 2.81. The summed E-state index contributed by atoms with van der Waals surface area (Å²) in [5, 5.41) is 3.26. The zero-order valence-corrected chi connectivity index (χ0v) is 13.9. The molecule has 1 aliphatic carbocycles. The van der Waals surface area contributed by atoms with E-state index in [9.17, 15) is 9.59 Å². The quantitative estimate of drug-likeness (QED) is 0.925. The molecule has 1 atom stereocenters. The van der Waals surface area contributed by atoms with E-state index in [2.05, 4.69) is 15.3 Å². The molecule has 0 radical (unpaired) electrons. The lowest BCUT2D eigenvalue weighted by Gasteiger charge is -2.24. The Labute approximate surface area is 139 Å². The highest BCUT2D eigenvalue weighted by Gasteiger charge is 2.30. The average molecular weight is 329 g/mol. The summed E-state index contributed by atoms with van der Waals surface area (Å²) in [6.07, 6.45) is 3.86. The highest BCUT2D eigenvalue weighted by atomic mass is 32.2. The summed E-state index contributed by atoms with van der Waals surface area (Å²) >= 11 is 1.22. The fraction of sp³-hybridized carbons (Fsp3) is 0.412. The van der Waals surface area contributed by atoms with Crippen molar-refractivity contribution in [3.05, 3.63) is 29.8 Å². The maximum atomic E-state index is 12.0. The number of hydrogen-bond acceptors (Lipinski definition) is 4. The van der Waals surface area contributed by atoms with Crippen molar-refractivity contribution in [2.75, 3.05) is 11.1 Å². The van der Waals surface area contributed by atoms with Crippen molar-refractivity contribution in [1.82, 2.24) is 0 Å². The molecule has 1 unspecified atom stereocenters. The monoisotopic (exact) mass is 329 g/mol. The fourth-order valence-electron chi connectivity index (χ4n) is 2.83.